The van der Waals surface area contributed by atoms with Crippen LogP contribution in [0.25, 0.3) is 0 Å². The number of nitrogens with one attached hydrogen (secondary N) is 2. The lowest BCUT2D eigenvalue weighted by atomic mass is 9.76. The van der Waals surface area contributed by atoms with Crippen LogP contribution in [0.2, 0.25) is 0 Å². The number of rotatable bonds is 5. The van der Waals surface area contributed by atoms with Gasteiger partial charge in [-0.05, 0) is 37.0 Å². The molecule has 0 bridgehead atoms. The SMILES string of the molecule is CC1(CNC(=O)NCC2CCCC2C(=O)O)CCCCC1. The molecular formula is C16H28N2O3. The quantitative estimate of drug-likeness (QED) is 0.730. The van der Waals surface area contributed by atoms with Crippen molar-refractivity contribution in [3.8, 4) is 0 Å². The van der Waals surface area contributed by atoms with Gasteiger partial charge in [0.15, 0.2) is 0 Å². The minimum Gasteiger partial charge on any atom is -0.481 e. The second-order valence-electron chi connectivity index (χ2n) is 7.07. The Kier molecular flexibility index (Phi) is 5.48. The van der Waals surface area contributed by atoms with E-state index in [2.05, 4.69) is 17.6 Å². The molecule has 5 heteroatoms. The molecule has 0 aliphatic heterocycles. The fraction of sp³-hybridized carbons (Fsp3) is 0.875. The lowest BCUT2D eigenvalue weighted by molar-refractivity contribution is -0.142. The molecule has 2 unspecified atom stereocenters. The van der Waals surface area contributed by atoms with Gasteiger partial charge in [-0.2, -0.15) is 0 Å². The van der Waals surface area contributed by atoms with Gasteiger partial charge in [0.2, 0.25) is 0 Å². The highest BCUT2D eigenvalue weighted by Crippen LogP contribution is 2.35. The highest BCUT2D eigenvalue weighted by Gasteiger charge is 2.33. The van der Waals surface area contributed by atoms with Crippen LogP contribution in [0.5, 0.6) is 0 Å². The van der Waals surface area contributed by atoms with E-state index in [1.54, 1.807) is 0 Å². The third-order valence-electron chi connectivity index (χ3n) is 5.24. The van der Waals surface area contributed by atoms with Crippen LogP contribution in [-0.2, 0) is 4.79 Å². The van der Waals surface area contributed by atoms with E-state index in [0.717, 1.165) is 19.3 Å². The van der Waals surface area contributed by atoms with Crippen molar-refractivity contribution in [3.63, 3.8) is 0 Å². The summed E-state index contributed by atoms with van der Waals surface area (Å²) in [6.45, 7) is 3.43. The molecular weight excluding hydrogens is 268 g/mol. The van der Waals surface area contributed by atoms with Crippen molar-refractivity contribution in [1.82, 2.24) is 10.6 Å². The van der Waals surface area contributed by atoms with E-state index in [1.165, 1.54) is 32.1 Å². The minimum absolute atomic E-state index is 0.0820. The lowest BCUT2D eigenvalue weighted by Crippen LogP contribution is -2.44. The third kappa shape index (κ3) is 4.61. The monoisotopic (exact) mass is 296 g/mol. The van der Waals surface area contributed by atoms with Crippen LogP contribution in [0, 0.1) is 17.3 Å². The number of urea groups is 1. The number of amides is 2. The first-order chi connectivity index (χ1) is 10.0. The molecule has 3 N–H and O–H groups in total. The summed E-state index contributed by atoms with van der Waals surface area (Å²) < 4.78 is 0. The molecule has 21 heavy (non-hydrogen) atoms. The first-order valence-electron chi connectivity index (χ1n) is 8.25. The van der Waals surface area contributed by atoms with Gasteiger partial charge in [-0.25, -0.2) is 4.79 Å². The summed E-state index contributed by atoms with van der Waals surface area (Å²) >= 11 is 0. The summed E-state index contributed by atoms with van der Waals surface area (Å²) in [5.74, 6) is -0.936. The maximum atomic E-state index is 11.9. The maximum absolute atomic E-state index is 11.9. The number of hydrogen-bond donors (Lipinski definition) is 3. The normalized spacial score (nSPS) is 28.0. The van der Waals surface area contributed by atoms with E-state index in [4.69, 9.17) is 5.11 Å². The Labute approximate surface area is 126 Å². The van der Waals surface area contributed by atoms with Crippen molar-refractivity contribution in [2.24, 2.45) is 17.3 Å². The van der Waals surface area contributed by atoms with Crippen LogP contribution in [-0.4, -0.2) is 30.2 Å². The van der Waals surface area contributed by atoms with Crippen LogP contribution >= 0.6 is 0 Å². The minimum atomic E-state index is -0.727. The molecule has 0 aromatic carbocycles. The number of carbonyl (C=O) groups excluding carboxylic acids is 1. The number of carboxylic acid groups (broad SMARTS) is 1. The smallest absolute Gasteiger partial charge is 0.314 e. The molecule has 0 aromatic heterocycles. The fourth-order valence-electron chi connectivity index (χ4n) is 3.77. The third-order valence-corrected chi connectivity index (χ3v) is 5.24. The Hall–Kier alpha value is -1.26. The van der Waals surface area contributed by atoms with Gasteiger partial charge in [0, 0.05) is 13.1 Å². The van der Waals surface area contributed by atoms with Crippen LogP contribution in [0.4, 0.5) is 4.79 Å². The number of hydrogen-bond acceptors (Lipinski definition) is 2. The van der Waals surface area contributed by atoms with Crippen LogP contribution in [0.3, 0.4) is 0 Å². The summed E-state index contributed by atoms with van der Waals surface area (Å²) in [6, 6.07) is -0.155. The second kappa shape index (κ2) is 7.14. The molecule has 2 aliphatic rings. The van der Waals surface area contributed by atoms with E-state index >= 15 is 0 Å². The van der Waals surface area contributed by atoms with Crippen molar-refractivity contribution in [2.45, 2.75) is 58.3 Å². The van der Waals surface area contributed by atoms with E-state index in [9.17, 15) is 9.59 Å². The standard InChI is InChI=1S/C16H28N2O3/c1-16(8-3-2-4-9-16)11-18-15(21)17-10-12-6-5-7-13(12)14(19)20/h12-13H,2-11H2,1H3,(H,19,20)(H2,17,18,21). The molecule has 2 rings (SSSR count). The molecule has 0 radical (unpaired) electrons. The van der Waals surface area contributed by atoms with Gasteiger partial charge in [-0.3, -0.25) is 4.79 Å². The number of carbonyl (C=O) groups is 2. The van der Waals surface area contributed by atoms with Crippen molar-refractivity contribution in [3.05, 3.63) is 0 Å². The Balaban J connectivity index is 1.69. The number of aliphatic carboxylic acids is 1. The lowest BCUT2D eigenvalue weighted by Gasteiger charge is -2.33. The summed E-state index contributed by atoms with van der Waals surface area (Å²) in [7, 11) is 0. The zero-order valence-electron chi connectivity index (χ0n) is 13.0. The Bertz CT molecular complexity index is 378. The molecule has 2 saturated carbocycles. The van der Waals surface area contributed by atoms with E-state index in [0.29, 0.717) is 13.1 Å². The average molecular weight is 296 g/mol. The Morgan fingerprint density at radius 2 is 1.81 bits per heavy atom. The van der Waals surface area contributed by atoms with Crippen LogP contribution < -0.4 is 10.6 Å². The molecule has 5 nitrogen and oxygen atoms in total. The Morgan fingerprint density at radius 1 is 1.10 bits per heavy atom. The van der Waals surface area contributed by atoms with Crippen LogP contribution in [0.1, 0.15) is 58.3 Å². The van der Waals surface area contributed by atoms with Crippen molar-refractivity contribution in [1.29, 1.82) is 0 Å². The van der Waals surface area contributed by atoms with E-state index < -0.39 is 5.97 Å². The number of carboxylic acids is 1. The zero-order chi connectivity index (χ0) is 15.3. The zero-order valence-corrected chi connectivity index (χ0v) is 13.0. The summed E-state index contributed by atoms with van der Waals surface area (Å²) in [4.78, 5) is 23.0. The van der Waals surface area contributed by atoms with Gasteiger partial charge < -0.3 is 15.7 Å². The highest BCUT2D eigenvalue weighted by molar-refractivity contribution is 5.74. The molecule has 2 aliphatic carbocycles. The van der Waals surface area contributed by atoms with E-state index in [1.807, 2.05) is 0 Å². The van der Waals surface area contributed by atoms with Gasteiger partial charge in [0.25, 0.3) is 0 Å². The average Bonchev–Trinajstić information content (AvgIpc) is 2.92. The van der Waals surface area contributed by atoms with E-state index in [-0.39, 0.29) is 23.3 Å². The topological polar surface area (TPSA) is 78.4 Å². The molecule has 0 saturated heterocycles. The molecule has 2 fully saturated rings. The predicted molar refractivity (Wildman–Crippen MR) is 81.1 cm³/mol. The van der Waals surface area contributed by atoms with Gasteiger partial charge in [0.05, 0.1) is 5.92 Å². The second-order valence-corrected chi connectivity index (χ2v) is 7.07. The summed E-state index contributed by atoms with van der Waals surface area (Å²) in [5, 5.41) is 14.9. The first-order valence-corrected chi connectivity index (χ1v) is 8.25. The maximum Gasteiger partial charge on any atom is 0.314 e. The van der Waals surface area contributed by atoms with Crippen LogP contribution in [0.15, 0.2) is 0 Å². The van der Waals surface area contributed by atoms with Gasteiger partial charge in [-0.15, -0.1) is 0 Å². The molecule has 0 spiro atoms. The summed E-state index contributed by atoms with van der Waals surface area (Å²) in [6.07, 6.45) is 8.75. The largest absolute Gasteiger partial charge is 0.481 e. The van der Waals surface area contributed by atoms with Gasteiger partial charge >= 0.3 is 12.0 Å². The molecule has 2 amide bonds. The summed E-state index contributed by atoms with van der Waals surface area (Å²) in [5.41, 5.74) is 0.229. The van der Waals surface area contributed by atoms with Crippen molar-refractivity contribution in [2.75, 3.05) is 13.1 Å². The molecule has 2 atom stereocenters. The molecule has 0 heterocycles. The predicted octanol–water partition coefficient (Wildman–Crippen LogP) is 2.76. The van der Waals surface area contributed by atoms with Crippen molar-refractivity contribution < 1.29 is 14.7 Å². The molecule has 120 valence electrons. The fourth-order valence-corrected chi connectivity index (χ4v) is 3.77. The highest BCUT2D eigenvalue weighted by atomic mass is 16.4. The van der Waals surface area contributed by atoms with Gasteiger partial charge in [-0.1, -0.05) is 32.6 Å². The Morgan fingerprint density at radius 3 is 2.48 bits per heavy atom. The molecule has 0 aromatic rings. The first kappa shape index (κ1) is 16.1. The van der Waals surface area contributed by atoms with Crippen molar-refractivity contribution >= 4 is 12.0 Å². The van der Waals surface area contributed by atoms with Gasteiger partial charge in [0.1, 0.15) is 0 Å².